The second-order valence-electron chi connectivity index (χ2n) is 1.16. The predicted molar refractivity (Wildman–Crippen MR) is 21.3 cm³/mol. The van der Waals surface area contributed by atoms with Crippen molar-refractivity contribution in [3.63, 3.8) is 0 Å². The van der Waals surface area contributed by atoms with E-state index in [4.69, 9.17) is 0 Å². The fraction of sp³-hybridized carbons (Fsp3) is 0. The van der Waals surface area contributed by atoms with Gasteiger partial charge in [0.15, 0.2) is 0 Å². The Balaban J connectivity index is 3.47. The molecule has 0 aromatic rings. The Morgan fingerprint density at radius 1 is 1.11 bits per heavy atom. The molecule has 48 valence electrons. The van der Waals surface area contributed by atoms with Crippen LogP contribution in [0.1, 0.15) is 0 Å². The monoisotopic (exact) mass is 184 g/mol. The van der Waals surface area contributed by atoms with Gasteiger partial charge in [-0.2, -0.15) is 0 Å². The summed E-state index contributed by atoms with van der Waals surface area (Å²) in [5, 5.41) is 0. The fourth-order valence-electron chi connectivity index (χ4n) is 0.201. The Morgan fingerprint density at radius 2 is 1.44 bits per heavy atom. The SMILES string of the molecule is NO[C](=O)[Zn][C](=O)ON. The number of carbonyl (C=O) groups excluding carboxylic acids is 2. The van der Waals surface area contributed by atoms with E-state index in [1.54, 1.807) is 0 Å². The first-order valence-corrected chi connectivity index (χ1v) is 4.96. The first-order valence-electron chi connectivity index (χ1n) is 2.00. The number of carbonyl (C=O) groups is 2. The summed E-state index contributed by atoms with van der Waals surface area (Å²) in [6.45, 7) is 0. The third kappa shape index (κ3) is 4.02. The maximum atomic E-state index is 10.2. The molecule has 0 unspecified atom stereocenters. The zero-order valence-electron chi connectivity index (χ0n) is 4.49. The van der Waals surface area contributed by atoms with Crippen LogP contribution < -0.4 is 11.8 Å². The van der Waals surface area contributed by atoms with Crippen molar-refractivity contribution in [1.29, 1.82) is 0 Å². The van der Waals surface area contributed by atoms with Crippen molar-refractivity contribution in [1.82, 2.24) is 0 Å². The van der Waals surface area contributed by atoms with Crippen molar-refractivity contribution in [2.45, 2.75) is 0 Å². The molecule has 0 bridgehead atoms. The summed E-state index contributed by atoms with van der Waals surface area (Å²) in [5.41, 5.74) is 0. The van der Waals surface area contributed by atoms with E-state index in [2.05, 4.69) is 21.5 Å². The van der Waals surface area contributed by atoms with Gasteiger partial charge < -0.3 is 0 Å². The Hall–Kier alpha value is -0.517. The summed E-state index contributed by atoms with van der Waals surface area (Å²) in [5.74, 6) is 8.85. The third-order valence-electron chi connectivity index (χ3n) is 0.552. The zero-order chi connectivity index (χ0) is 7.28. The van der Waals surface area contributed by atoms with E-state index >= 15 is 0 Å². The summed E-state index contributed by atoms with van der Waals surface area (Å²) in [6.07, 6.45) is 0. The molecule has 0 amide bonds. The van der Waals surface area contributed by atoms with Crippen LogP contribution in [0.2, 0.25) is 0 Å². The number of nitrogens with two attached hydrogens (primary N) is 2. The first kappa shape index (κ1) is 8.48. The van der Waals surface area contributed by atoms with Gasteiger partial charge in [-0.3, -0.25) is 0 Å². The Morgan fingerprint density at radius 3 is 1.67 bits per heavy atom. The molecule has 0 aliphatic heterocycles. The zero-order valence-corrected chi connectivity index (χ0v) is 7.46. The minimum atomic E-state index is -2.11. The molecule has 7 heteroatoms. The molecule has 0 atom stereocenters. The number of hydrogen-bond donors (Lipinski definition) is 2. The predicted octanol–water partition coefficient (Wildman–Crippen LogP) is -0.910. The van der Waals surface area contributed by atoms with Gasteiger partial charge in [0, 0.05) is 0 Å². The molecule has 0 heterocycles. The van der Waals surface area contributed by atoms with Gasteiger partial charge >= 0.3 is 57.3 Å². The van der Waals surface area contributed by atoms with E-state index in [-0.39, 0.29) is 0 Å². The topological polar surface area (TPSA) is 105 Å². The van der Waals surface area contributed by atoms with E-state index in [0.29, 0.717) is 0 Å². The fourth-order valence-corrected chi connectivity index (χ4v) is 1.05. The number of hydrogen-bond acceptors (Lipinski definition) is 6. The molecule has 4 N–H and O–H groups in total. The van der Waals surface area contributed by atoms with Crippen molar-refractivity contribution >= 4 is 9.13 Å². The Labute approximate surface area is 58.0 Å². The Bertz CT molecular complexity index is 112. The Kier molecular flexibility index (Phi) is 4.12. The molecular formula is C2H4N2O4Zn. The minimum absolute atomic E-state index is 0.696. The molecule has 0 saturated heterocycles. The van der Waals surface area contributed by atoms with Gasteiger partial charge in [0.2, 0.25) is 0 Å². The van der Waals surface area contributed by atoms with Crippen LogP contribution in [0.4, 0.5) is 9.59 Å². The van der Waals surface area contributed by atoms with E-state index in [0.717, 1.165) is 0 Å². The van der Waals surface area contributed by atoms with E-state index in [1.165, 1.54) is 0 Å². The molecule has 0 saturated carbocycles. The second kappa shape index (κ2) is 4.37. The first-order chi connectivity index (χ1) is 4.20. The van der Waals surface area contributed by atoms with Crippen LogP contribution in [-0.2, 0) is 26.8 Å². The molecule has 0 spiro atoms. The summed E-state index contributed by atoms with van der Waals surface area (Å²) in [6, 6.07) is 0. The van der Waals surface area contributed by atoms with E-state index in [1.807, 2.05) is 0 Å². The van der Waals surface area contributed by atoms with Crippen molar-refractivity contribution in [3.05, 3.63) is 0 Å². The van der Waals surface area contributed by atoms with Gasteiger partial charge in [0.25, 0.3) is 0 Å². The molecule has 0 fully saturated rings. The van der Waals surface area contributed by atoms with Crippen LogP contribution in [0.15, 0.2) is 0 Å². The van der Waals surface area contributed by atoms with Gasteiger partial charge in [-0.1, -0.05) is 0 Å². The third-order valence-corrected chi connectivity index (χ3v) is 2.46. The van der Waals surface area contributed by atoms with Gasteiger partial charge in [-0.25, -0.2) is 0 Å². The molecule has 9 heavy (non-hydrogen) atoms. The second-order valence-corrected chi connectivity index (χ2v) is 4.32. The van der Waals surface area contributed by atoms with E-state index < -0.39 is 26.3 Å². The summed E-state index contributed by atoms with van der Waals surface area (Å²) >= 11 is -2.11. The van der Waals surface area contributed by atoms with Gasteiger partial charge in [0.05, 0.1) is 0 Å². The average molecular weight is 185 g/mol. The van der Waals surface area contributed by atoms with Gasteiger partial charge in [0.1, 0.15) is 0 Å². The van der Waals surface area contributed by atoms with Crippen molar-refractivity contribution in [2.24, 2.45) is 11.8 Å². The molecule has 0 aliphatic carbocycles. The normalized spacial score (nSPS) is 7.33. The molecule has 0 aromatic carbocycles. The van der Waals surface area contributed by atoms with E-state index in [9.17, 15) is 9.59 Å². The standard InChI is InChI=1S/2CH2NO2.Zn/c2*2-4-1-3;/h2*2H2;. The summed E-state index contributed by atoms with van der Waals surface area (Å²) in [7, 11) is 0. The number of rotatable bonds is 2. The van der Waals surface area contributed by atoms with Crippen LogP contribution in [0.5, 0.6) is 0 Å². The van der Waals surface area contributed by atoms with Crippen LogP contribution in [-0.4, -0.2) is 9.13 Å². The molecule has 0 radical (unpaired) electrons. The van der Waals surface area contributed by atoms with Crippen LogP contribution >= 0.6 is 0 Å². The van der Waals surface area contributed by atoms with Gasteiger partial charge in [-0.15, -0.1) is 0 Å². The van der Waals surface area contributed by atoms with Crippen LogP contribution in [0.3, 0.4) is 0 Å². The van der Waals surface area contributed by atoms with Crippen LogP contribution in [0, 0.1) is 0 Å². The summed E-state index contributed by atoms with van der Waals surface area (Å²) in [4.78, 5) is 27.7. The van der Waals surface area contributed by atoms with Crippen molar-refractivity contribution < 1.29 is 36.4 Å². The molecule has 6 nitrogen and oxygen atoms in total. The molecule has 0 aliphatic rings. The molecular weight excluding hydrogens is 181 g/mol. The van der Waals surface area contributed by atoms with Crippen molar-refractivity contribution in [3.8, 4) is 0 Å². The molecule has 0 aromatic heterocycles. The molecule has 0 rings (SSSR count). The van der Waals surface area contributed by atoms with Crippen LogP contribution in [0.25, 0.3) is 0 Å². The quantitative estimate of drug-likeness (QED) is 0.426. The summed E-state index contributed by atoms with van der Waals surface area (Å²) < 4.78 is -1.39. The van der Waals surface area contributed by atoms with Crippen molar-refractivity contribution in [2.75, 3.05) is 0 Å². The maximum absolute atomic E-state index is 10.2. The van der Waals surface area contributed by atoms with Gasteiger partial charge in [-0.05, 0) is 0 Å². The average Bonchev–Trinajstić information content (AvgIpc) is 1.87.